The number of piperidine rings is 1. The van der Waals surface area contributed by atoms with Crippen molar-refractivity contribution in [3.05, 3.63) is 0 Å². The molecule has 0 spiro atoms. The molecule has 1 aliphatic heterocycles. The van der Waals surface area contributed by atoms with E-state index in [1.807, 2.05) is 18.7 Å². The SMILES string of the molecule is CC(C)C(=O)N1CCC(C(=O)NC2(CO)CC2)CC1. The van der Waals surface area contributed by atoms with Crippen LogP contribution in [-0.2, 0) is 9.59 Å². The molecule has 1 heterocycles. The zero-order valence-corrected chi connectivity index (χ0v) is 11.8. The van der Waals surface area contributed by atoms with Crippen LogP contribution >= 0.6 is 0 Å². The quantitative estimate of drug-likeness (QED) is 0.781. The Morgan fingerprint density at radius 3 is 2.32 bits per heavy atom. The molecule has 5 nitrogen and oxygen atoms in total. The first-order valence-electron chi connectivity index (χ1n) is 7.19. The Hall–Kier alpha value is -1.10. The molecule has 2 N–H and O–H groups in total. The number of nitrogens with zero attached hydrogens (tertiary/aromatic N) is 1. The van der Waals surface area contributed by atoms with E-state index in [1.54, 1.807) is 0 Å². The van der Waals surface area contributed by atoms with E-state index in [1.165, 1.54) is 0 Å². The first-order valence-corrected chi connectivity index (χ1v) is 7.19. The minimum Gasteiger partial charge on any atom is -0.394 e. The molecule has 0 aromatic rings. The van der Waals surface area contributed by atoms with Crippen LogP contribution in [0.4, 0.5) is 0 Å². The third-order valence-corrected chi connectivity index (χ3v) is 4.22. The molecule has 2 amide bonds. The molecule has 2 aliphatic rings. The van der Waals surface area contributed by atoms with Crippen LogP contribution in [0.15, 0.2) is 0 Å². The highest BCUT2D eigenvalue weighted by Gasteiger charge is 2.44. The van der Waals surface area contributed by atoms with Gasteiger partial charge >= 0.3 is 0 Å². The number of amides is 2. The zero-order chi connectivity index (χ0) is 14.0. The fraction of sp³-hybridized carbons (Fsp3) is 0.857. The number of carbonyl (C=O) groups is 2. The van der Waals surface area contributed by atoms with Crippen LogP contribution in [-0.4, -0.2) is 47.1 Å². The summed E-state index contributed by atoms with van der Waals surface area (Å²) < 4.78 is 0. The van der Waals surface area contributed by atoms with Crippen LogP contribution in [0.5, 0.6) is 0 Å². The molecule has 0 aromatic heterocycles. The lowest BCUT2D eigenvalue weighted by Crippen LogP contribution is -2.47. The molecular weight excluding hydrogens is 244 g/mol. The number of nitrogens with one attached hydrogen (secondary N) is 1. The van der Waals surface area contributed by atoms with Crippen LogP contribution in [0.25, 0.3) is 0 Å². The van der Waals surface area contributed by atoms with Gasteiger partial charge in [0.25, 0.3) is 0 Å². The van der Waals surface area contributed by atoms with Gasteiger partial charge in [-0.25, -0.2) is 0 Å². The molecule has 19 heavy (non-hydrogen) atoms. The molecule has 1 aliphatic carbocycles. The number of carbonyl (C=O) groups excluding carboxylic acids is 2. The summed E-state index contributed by atoms with van der Waals surface area (Å²) in [6, 6.07) is 0. The lowest BCUT2D eigenvalue weighted by molar-refractivity contribution is -0.138. The molecular formula is C14H24N2O3. The van der Waals surface area contributed by atoms with Crippen LogP contribution < -0.4 is 5.32 Å². The van der Waals surface area contributed by atoms with Crippen LogP contribution in [0.1, 0.15) is 39.5 Å². The summed E-state index contributed by atoms with van der Waals surface area (Å²) in [5.74, 6) is 0.228. The normalized spacial score (nSPS) is 22.4. The summed E-state index contributed by atoms with van der Waals surface area (Å²) in [4.78, 5) is 25.8. The Bertz CT molecular complexity index is 356. The Balaban J connectivity index is 1.80. The predicted molar refractivity (Wildman–Crippen MR) is 71.3 cm³/mol. The highest BCUT2D eigenvalue weighted by atomic mass is 16.3. The zero-order valence-electron chi connectivity index (χ0n) is 11.8. The fourth-order valence-corrected chi connectivity index (χ4v) is 2.56. The summed E-state index contributed by atoms with van der Waals surface area (Å²) in [5.41, 5.74) is -0.331. The Morgan fingerprint density at radius 1 is 1.32 bits per heavy atom. The fourth-order valence-electron chi connectivity index (χ4n) is 2.56. The number of aliphatic hydroxyl groups excluding tert-OH is 1. The monoisotopic (exact) mass is 268 g/mol. The summed E-state index contributed by atoms with van der Waals surface area (Å²) in [6.07, 6.45) is 3.21. The number of likely N-dealkylation sites (tertiary alicyclic amines) is 1. The lowest BCUT2D eigenvalue weighted by Gasteiger charge is -2.33. The van der Waals surface area contributed by atoms with Gasteiger partial charge < -0.3 is 15.3 Å². The van der Waals surface area contributed by atoms with E-state index < -0.39 is 0 Å². The van der Waals surface area contributed by atoms with Gasteiger partial charge in [-0.15, -0.1) is 0 Å². The molecule has 2 rings (SSSR count). The molecule has 2 fully saturated rings. The molecule has 0 bridgehead atoms. The van der Waals surface area contributed by atoms with E-state index in [4.69, 9.17) is 0 Å². The summed E-state index contributed by atoms with van der Waals surface area (Å²) in [5, 5.41) is 12.2. The minimum atomic E-state index is -0.331. The largest absolute Gasteiger partial charge is 0.394 e. The Morgan fingerprint density at radius 2 is 1.89 bits per heavy atom. The van der Waals surface area contributed by atoms with Crippen molar-refractivity contribution in [1.29, 1.82) is 0 Å². The Labute approximate surface area is 114 Å². The van der Waals surface area contributed by atoms with Gasteiger partial charge in [0.2, 0.25) is 11.8 Å². The minimum absolute atomic E-state index is 0.0137. The highest BCUT2D eigenvalue weighted by Crippen LogP contribution is 2.35. The van der Waals surface area contributed by atoms with Crippen LogP contribution in [0, 0.1) is 11.8 Å². The number of hydrogen-bond acceptors (Lipinski definition) is 3. The second-order valence-corrected chi connectivity index (χ2v) is 6.18. The molecule has 0 unspecified atom stereocenters. The van der Waals surface area contributed by atoms with Gasteiger partial charge in [-0.05, 0) is 25.7 Å². The van der Waals surface area contributed by atoms with Crippen molar-refractivity contribution in [2.75, 3.05) is 19.7 Å². The predicted octanol–water partition coefficient (Wildman–Crippen LogP) is 0.522. The van der Waals surface area contributed by atoms with Gasteiger partial charge in [0.05, 0.1) is 12.1 Å². The van der Waals surface area contributed by atoms with E-state index >= 15 is 0 Å². The number of rotatable bonds is 4. The van der Waals surface area contributed by atoms with Gasteiger partial charge in [0.1, 0.15) is 0 Å². The van der Waals surface area contributed by atoms with Crippen LogP contribution in [0.2, 0.25) is 0 Å². The first-order chi connectivity index (χ1) is 8.97. The summed E-state index contributed by atoms with van der Waals surface area (Å²) >= 11 is 0. The second kappa shape index (κ2) is 5.49. The first kappa shape index (κ1) is 14.3. The molecule has 1 saturated heterocycles. The number of aliphatic hydroxyl groups is 1. The molecule has 108 valence electrons. The highest BCUT2D eigenvalue weighted by molar-refractivity contribution is 5.81. The molecule has 1 saturated carbocycles. The summed E-state index contributed by atoms with van der Waals surface area (Å²) in [6.45, 7) is 5.17. The second-order valence-electron chi connectivity index (χ2n) is 6.18. The van der Waals surface area contributed by atoms with Crippen LogP contribution in [0.3, 0.4) is 0 Å². The maximum atomic E-state index is 12.1. The lowest BCUT2D eigenvalue weighted by atomic mass is 9.94. The van der Waals surface area contributed by atoms with Crippen molar-refractivity contribution in [2.45, 2.75) is 45.1 Å². The van der Waals surface area contributed by atoms with Crippen molar-refractivity contribution < 1.29 is 14.7 Å². The number of hydrogen-bond donors (Lipinski definition) is 2. The maximum Gasteiger partial charge on any atom is 0.225 e. The van der Waals surface area contributed by atoms with E-state index in [0.717, 1.165) is 25.7 Å². The van der Waals surface area contributed by atoms with E-state index in [9.17, 15) is 14.7 Å². The molecule has 5 heteroatoms. The standard InChI is InChI=1S/C14H24N2O3/c1-10(2)13(19)16-7-3-11(4-8-16)12(18)15-14(9-17)5-6-14/h10-11,17H,3-9H2,1-2H3,(H,15,18). The third-order valence-electron chi connectivity index (χ3n) is 4.22. The summed E-state index contributed by atoms with van der Waals surface area (Å²) in [7, 11) is 0. The van der Waals surface area contributed by atoms with Crippen molar-refractivity contribution >= 4 is 11.8 Å². The van der Waals surface area contributed by atoms with Gasteiger partial charge in [0, 0.05) is 24.9 Å². The average molecular weight is 268 g/mol. The van der Waals surface area contributed by atoms with Gasteiger partial charge in [-0.1, -0.05) is 13.8 Å². The smallest absolute Gasteiger partial charge is 0.225 e. The van der Waals surface area contributed by atoms with Crippen molar-refractivity contribution in [3.63, 3.8) is 0 Å². The van der Waals surface area contributed by atoms with Gasteiger partial charge in [-0.3, -0.25) is 9.59 Å². The maximum absolute atomic E-state index is 12.1. The van der Waals surface area contributed by atoms with E-state index in [2.05, 4.69) is 5.32 Å². The van der Waals surface area contributed by atoms with Gasteiger partial charge in [-0.2, -0.15) is 0 Å². The molecule has 0 aromatic carbocycles. The third kappa shape index (κ3) is 3.26. The van der Waals surface area contributed by atoms with E-state index in [0.29, 0.717) is 13.1 Å². The molecule has 0 atom stereocenters. The topological polar surface area (TPSA) is 69.6 Å². The average Bonchev–Trinajstić information content (AvgIpc) is 3.18. The van der Waals surface area contributed by atoms with E-state index in [-0.39, 0.29) is 35.8 Å². The Kier molecular flexibility index (Phi) is 4.13. The van der Waals surface area contributed by atoms with Crippen molar-refractivity contribution in [3.8, 4) is 0 Å². The van der Waals surface area contributed by atoms with Crippen molar-refractivity contribution in [1.82, 2.24) is 10.2 Å². The molecule has 0 radical (unpaired) electrons. The van der Waals surface area contributed by atoms with Crippen molar-refractivity contribution in [2.24, 2.45) is 11.8 Å². The van der Waals surface area contributed by atoms with Gasteiger partial charge in [0.15, 0.2) is 0 Å².